The number of unbranched alkanes of at least 4 members (excludes halogenated alkanes) is 11. The zero-order valence-electron chi connectivity index (χ0n) is 80.0. The number of carbonyl (C=O) groups excluding carboxylic acids is 13. The number of phenols is 1. The van der Waals surface area contributed by atoms with Crippen molar-refractivity contribution in [2.45, 2.75) is 300 Å². The van der Waals surface area contributed by atoms with E-state index >= 15 is 9.59 Å². The van der Waals surface area contributed by atoms with Crippen molar-refractivity contribution in [3.05, 3.63) is 65.9 Å². The summed E-state index contributed by atoms with van der Waals surface area (Å²) in [5.41, 5.74) is 35.3. The van der Waals surface area contributed by atoms with E-state index in [9.17, 15) is 72.9 Å². The number of aromatic amines is 1. The van der Waals surface area contributed by atoms with Gasteiger partial charge in [0.2, 0.25) is 76.8 Å². The van der Waals surface area contributed by atoms with Crippen LogP contribution in [0.25, 0.3) is 10.9 Å². The molecule has 0 aliphatic carbocycles. The van der Waals surface area contributed by atoms with E-state index in [0.717, 1.165) is 32.1 Å². The van der Waals surface area contributed by atoms with E-state index in [1.165, 1.54) is 63.3 Å². The lowest BCUT2D eigenvalue weighted by atomic mass is 9.96. The number of aliphatic carboxylic acids is 1. The molecule has 0 saturated carbocycles. The summed E-state index contributed by atoms with van der Waals surface area (Å²) < 4.78 is 0. The standard InChI is InChI=1S/C90H154N30O17/c1-7-9-10-11-12-13-14-15-16-17-18-36-71(123)110-70(52-121)83(134)120-73(54(5)8-2)84(135)118-67(48-56-37-39-58(122)40-38-56)81(132)115-64(33-25-44-104-88(96)97)77(128)112-61(31-23-42-102-86(92)93)75(126)108-51-72(124)109-55(6)74(125)111-63(32-24-43-103-87(94)95)76(127)114-66(35-27-46-106-90(100)101)79(130)117-68(49-57-50-107-60-29-20-19-28-59(57)60)82(133)116-65(34-26-45-105-89(98)99)78(129)113-62(30-21-22-41-91)80(131)119-69(85(136)137)47-53(3)4/h19-20,28-29,37-40,50,53-55,61-70,73,107,121-122H,7-18,21-27,30-36,41-49,51-52,91H2,1-6H3,(H,108,126)(H,109,124)(H,110,123)(H,111,125)(H,112,128)(H,113,129)(H,114,127)(H,115,132)(H,116,133)(H,117,130)(H,118,135)(H,119,131)(H,120,134)(H,136,137)(H4,92,93,102)(H4,94,95,103)(H4,96,97,104)(H4,98,99,105)(H4,100,101,106). The second-order valence-electron chi connectivity index (χ2n) is 34.6. The molecule has 0 saturated heterocycles. The molecule has 3 rings (SSSR count). The number of hydrogen-bond acceptors (Lipinski definition) is 22. The van der Waals surface area contributed by atoms with E-state index in [0.29, 0.717) is 47.7 Å². The van der Waals surface area contributed by atoms with Crippen molar-refractivity contribution in [1.82, 2.24) is 101 Å². The molecular weight excluding hydrogens is 1770 g/mol. The number of carboxylic acids is 1. The van der Waals surface area contributed by atoms with E-state index in [2.05, 4.69) is 108 Å². The summed E-state index contributed by atoms with van der Waals surface area (Å²) in [5.74, 6) is -16.0. The highest BCUT2D eigenvalue weighted by Gasteiger charge is 2.38. The molecule has 766 valence electrons. The Bertz CT molecular complexity index is 4370. The van der Waals surface area contributed by atoms with Gasteiger partial charge < -0.3 is 150 Å². The van der Waals surface area contributed by atoms with Crippen molar-refractivity contribution >= 4 is 123 Å². The Kier molecular flexibility index (Phi) is 56.9. The van der Waals surface area contributed by atoms with Gasteiger partial charge in [-0.3, -0.25) is 89.4 Å². The zero-order valence-corrected chi connectivity index (χ0v) is 80.0. The van der Waals surface area contributed by atoms with E-state index in [4.69, 9.17) is 61.4 Å². The van der Waals surface area contributed by atoms with Gasteiger partial charge in [-0.1, -0.05) is 136 Å². The summed E-state index contributed by atoms with van der Waals surface area (Å²) in [7, 11) is 0. The monoisotopic (exact) mass is 1930 g/mol. The van der Waals surface area contributed by atoms with E-state index in [1.807, 2.05) is 0 Å². The van der Waals surface area contributed by atoms with E-state index in [-0.39, 0.29) is 147 Å². The predicted molar refractivity (Wildman–Crippen MR) is 519 cm³/mol. The normalized spacial score (nSPS) is 13.9. The Morgan fingerprint density at radius 3 is 1.16 bits per heavy atom. The van der Waals surface area contributed by atoms with Gasteiger partial charge in [-0.25, -0.2) is 4.79 Å². The van der Waals surface area contributed by atoms with Crippen LogP contribution < -0.4 is 130 Å². The number of rotatable bonds is 71. The summed E-state index contributed by atoms with van der Waals surface area (Å²) in [6, 6.07) is -5.10. The number of aliphatic hydroxyl groups excluding tert-OH is 1. The number of amides is 13. The maximum absolute atomic E-state index is 15.1. The Morgan fingerprint density at radius 1 is 0.380 bits per heavy atom. The Labute approximate surface area is 800 Å². The molecule has 0 aliphatic heterocycles. The van der Waals surface area contributed by atoms with Crippen LogP contribution in [-0.4, -0.2) is 258 Å². The highest BCUT2D eigenvalue weighted by molar-refractivity contribution is 6.00. The fourth-order valence-electron chi connectivity index (χ4n) is 14.7. The molecule has 47 heteroatoms. The molecule has 13 amide bonds. The Morgan fingerprint density at radius 2 is 0.752 bits per heavy atom. The van der Waals surface area contributed by atoms with Gasteiger partial charge in [-0.2, -0.15) is 0 Å². The highest BCUT2D eigenvalue weighted by atomic mass is 16.4. The lowest BCUT2D eigenvalue weighted by Crippen LogP contribution is -2.61. The van der Waals surface area contributed by atoms with Gasteiger partial charge in [-0.15, -0.1) is 0 Å². The minimum atomic E-state index is -1.58. The largest absolute Gasteiger partial charge is 0.508 e. The molecule has 3 aromatic rings. The summed E-state index contributed by atoms with van der Waals surface area (Å²) in [5, 5.41) is 117. The molecule has 13 unspecified atom stereocenters. The number of nitrogens with one attached hydrogen (secondary N) is 24. The SMILES string of the molecule is CCCCCCCCCCCCCC(=O)NC(CO)C(=O)NC(C(=O)NC(Cc1ccc(O)cc1)C(=O)NC(CCCNC(=N)N)C(=O)NC(CCCNC(=N)N)C(=O)NCC(=O)NC(C)C(=O)NC(CCCNC(=N)N)C(=O)NC(CCCNC(=N)N)C(=O)NC(Cc1c[nH]c2ccccc12)C(=O)NC(CCCNC(=N)N)C(=O)NC(CCCCN)C(=O)NC(CC(C)C)C(=O)O)C(C)CC. The number of nitrogens with two attached hydrogens (primary N) is 6. The number of aromatic nitrogens is 1. The van der Waals surface area contributed by atoms with Gasteiger partial charge in [0.05, 0.1) is 13.2 Å². The molecule has 0 aliphatic rings. The molecule has 0 spiro atoms. The number of aromatic hydroxyl groups is 1. The number of benzene rings is 2. The van der Waals surface area contributed by atoms with Crippen LogP contribution in [0.2, 0.25) is 0 Å². The van der Waals surface area contributed by atoms with Crippen LogP contribution in [0, 0.1) is 38.9 Å². The van der Waals surface area contributed by atoms with Crippen molar-refractivity contribution in [3.63, 3.8) is 0 Å². The number of H-pyrrole nitrogens is 1. The third-order valence-electron chi connectivity index (χ3n) is 22.6. The first-order valence-corrected chi connectivity index (χ1v) is 47.4. The minimum absolute atomic E-state index is 0.00384. The van der Waals surface area contributed by atoms with Crippen LogP contribution in [-0.2, 0) is 80.0 Å². The lowest BCUT2D eigenvalue weighted by molar-refractivity contribution is -0.143. The molecule has 1 aromatic heterocycles. The molecule has 0 radical (unpaired) electrons. The number of carboxylic acid groups (broad SMARTS) is 1. The van der Waals surface area contributed by atoms with Gasteiger partial charge in [-0.05, 0) is 151 Å². The van der Waals surface area contributed by atoms with Crippen molar-refractivity contribution in [3.8, 4) is 5.75 Å². The summed E-state index contributed by atoms with van der Waals surface area (Å²) in [6.07, 6.45) is 13.2. The van der Waals surface area contributed by atoms with E-state index < -0.39 is 204 Å². The van der Waals surface area contributed by atoms with Crippen molar-refractivity contribution in [2.75, 3.05) is 52.4 Å². The van der Waals surface area contributed by atoms with Crippen LogP contribution >= 0.6 is 0 Å². The Hall–Kier alpha value is -13.4. The van der Waals surface area contributed by atoms with Gasteiger partial charge in [0, 0.05) is 69.1 Å². The number of fused-ring (bicyclic) bond motifs is 1. The van der Waals surface area contributed by atoms with Crippen LogP contribution in [0.1, 0.15) is 226 Å². The quantitative estimate of drug-likeness (QED) is 0.0164. The first kappa shape index (κ1) is 118. The van der Waals surface area contributed by atoms with Crippen molar-refractivity contribution in [2.24, 2.45) is 46.2 Å². The lowest BCUT2D eigenvalue weighted by Gasteiger charge is -2.29. The molecule has 2 aromatic carbocycles. The second-order valence-corrected chi connectivity index (χ2v) is 34.6. The molecular formula is C90H154N30O17. The first-order valence-electron chi connectivity index (χ1n) is 47.4. The van der Waals surface area contributed by atoms with Crippen LogP contribution in [0.3, 0.4) is 0 Å². The maximum atomic E-state index is 15.1. The summed E-state index contributed by atoms with van der Waals surface area (Å²) >= 11 is 0. The van der Waals surface area contributed by atoms with Gasteiger partial charge in [0.1, 0.15) is 78.3 Å². The average Bonchev–Trinajstić information content (AvgIpc) is 1.72. The fraction of sp³-hybridized carbons (Fsp3) is 0.633. The number of hydrogen-bond donors (Lipinski definition) is 33. The molecule has 13 atom stereocenters. The first-order chi connectivity index (χ1) is 65.2. The van der Waals surface area contributed by atoms with Crippen LogP contribution in [0.15, 0.2) is 54.7 Å². The van der Waals surface area contributed by atoms with Crippen LogP contribution in [0.5, 0.6) is 5.75 Å². The van der Waals surface area contributed by atoms with Gasteiger partial charge in [0.25, 0.3) is 0 Å². The van der Waals surface area contributed by atoms with Gasteiger partial charge in [0.15, 0.2) is 29.8 Å². The molecule has 0 bridgehead atoms. The minimum Gasteiger partial charge on any atom is -0.508 e. The number of carbonyl (C=O) groups is 14. The molecule has 39 N–H and O–H groups in total. The summed E-state index contributed by atoms with van der Waals surface area (Å²) in [6.45, 7) is 8.92. The topological polar surface area (TPSA) is 807 Å². The Balaban J connectivity index is 2.00. The number of guanidine groups is 5. The third-order valence-corrected chi connectivity index (χ3v) is 22.6. The van der Waals surface area contributed by atoms with Crippen molar-refractivity contribution in [1.29, 1.82) is 27.0 Å². The zero-order chi connectivity index (χ0) is 102. The smallest absolute Gasteiger partial charge is 0.326 e. The second kappa shape index (κ2) is 66.1. The predicted octanol–water partition coefficient (Wildman–Crippen LogP) is -2.07. The van der Waals surface area contributed by atoms with Crippen LogP contribution in [0.4, 0.5) is 0 Å². The highest BCUT2D eigenvalue weighted by Crippen LogP contribution is 2.22. The molecule has 1 heterocycles. The van der Waals surface area contributed by atoms with Crippen molar-refractivity contribution < 1.29 is 82.4 Å². The molecule has 0 fully saturated rings. The number of phenolic OH excluding ortho intramolecular Hbond substituents is 1. The fourth-order valence-corrected chi connectivity index (χ4v) is 14.7. The molecule has 137 heavy (non-hydrogen) atoms. The van der Waals surface area contributed by atoms with Gasteiger partial charge >= 0.3 is 5.97 Å². The number of aliphatic hydroxyl groups is 1. The van der Waals surface area contributed by atoms with E-state index in [1.54, 1.807) is 58.2 Å². The third kappa shape index (κ3) is 49.1. The number of para-hydroxylation sites is 1. The summed E-state index contributed by atoms with van der Waals surface area (Å²) in [4.78, 5) is 203. The molecule has 47 nitrogen and oxygen atoms in total. The average molecular weight is 1930 g/mol. The maximum Gasteiger partial charge on any atom is 0.326 e.